The lowest BCUT2D eigenvalue weighted by molar-refractivity contribution is -0.0590. The van der Waals surface area contributed by atoms with Gasteiger partial charge in [-0.15, -0.1) is 0 Å². The van der Waals surface area contributed by atoms with Crippen LogP contribution in [0.4, 0.5) is 17.6 Å². The van der Waals surface area contributed by atoms with Crippen LogP contribution in [0.2, 0.25) is 0 Å². The molecule has 0 rings (SSSR count). The Labute approximate surface area is 46.0 Å². The first-order valence-electron chi connectivity index (χ1n) is 1.85. The molecule has 0 heterocycles. The summed E-state index contributed by atoms with van der Waals surface area (Å²) in [4.78, 5) is 0. The van der Waals surface area contributed by atoms with Gasteiger partial charge in [0.15, 0.2) is 0 Å². The average Bonchev–Trinajstić information content (AvgIpc) is 1.67. The molecule has 8 heavy (non-hydrogen) atoms. The van der Waals surface area contributed by atoms with Crippen molar-refractivity contribution in [2.75, 3.05) is 6.66 Å². The molecule has 50 valence electrons. The topological polar surface area (TPSA) is 0 Å². The summed E-state index contributed by atoms with van der Waals surface area (Å²) < 4.78 is 45.2. The third kappa shape index (κ3) is 1.95. The third-order valence-electron chi connectivity index (χ3n) is 0.607. The van der Waals surface area contributed by atoms with Gasteiger partial charge >= 0.3 is 12.1 Å². The summed E-state index contributed by atoms with van der Waals surface area (Å²) in [5, 5.41) is 0. The summed E-state index contributed by atoms with van der Waals surface area (Å²) in [7, 11) is -1.02. The Morgan fingerprint density at radius 3 is 1.75 bits per heavy atom. The molecule has 0 N–H and O–H groups in total. The van der Waals surface area contributed by atoms with Crippen LogP contribution in [0.25, 0.3) is 0 Å². The van der Waals surface area contributed by atoms with Gasteiger partial charge in [0.05, 0.1) is 0 Å². The van der Waals surface area contributed by atoms with Crippen LogP contribution in [-0.4, -0.2) is 18.8 Å². The normalized spacial score (nSPS) is 14.2. The highest BCUT2D eigenvalue weighted by atomic mass is 31.1. The van der Waals surface area contributed by atoms with E-state index in [9.17, 15) is 17.6 Å². The largest absolute Gasteiger partial charge is 0.320 e. The number of rotatable bonds is 2. The predicted octanol–water partition coefficient (Wildman–Crippen LogP) is 2.15. The molecule has 0 amide bonds. The zero-order valence-corrected chi connectivity index (χ0v) is 5.09. The van der Waals surface area contributed by atoms with Crippen LogP contribution in [0.5, 0.6) is 0 Å². The van der Waals surface area contributed by atoms with Gasteiger partial charge in [0.25, 0.3) is 0 Å². The summed E-state index contributed by atoms with van der Waals surface area (Å²) in [6.07, 6.45) is -3.51. The van der Waals surface area contributed by atoms with Gasteiger partial charge in [0, 0.05) is 0 Å². The maximum atomic E-state index is 11.5. The molecule has 5 heteroatoms. The Balaban J connectivity index is 3.71. The van der Waals surface area contributed by atoms with Gasteiger partial charge in [-0.3, -0.25) is 0 Å². The van der Waals surface area contributed by atoms with Gasteiger partial charge < -0.3 is 0 Å². The minimum atomic E-state index is -3.76. The quantitative estimate of drug-likeness (QED) is 0.415. The fourth-order valence-electron chi connectivity index (χ4n) is 0.109. The lowest BCUT2D eigenvalue weighted by atomic mass is 10.7. The molecule has 0 fully saturated rings. The second-order valence-electron chi connectivity index (χ2n) is 1.17. The summed E-state index contributed by atoms with van der Waals surface area (Å²) in [5.41, 5.74) is -3.76. The highest BCUT2D eigenvalue weighted by Crippen LogP contribution is 2.37. The highest BCUT2D eigenvalue weighted by Gasteiger charge is 2.38. The third-order valence-corrected chi connectivity index (χ3v) is 1.49. The van der Waals surface area contributed by atoms with Crippen molar-refractivity contribution < 1.29 is 17.6 Å². The predicted molar refractivity (Wildman–Crippen MR) is 25.2 cm³/mol. The first kappa shape index (κ1) is 8.15. The molecule has 0 aromatic heterocycles. The second kappa shape index (κ2) is 2.62. The van der Waals surface area contributed by atoms with Gasteiger partial charge in [0.1, 0.15) is 0 Å². The van der Waals surface area contributed by atoms with E-state index in [4.69, 9.17) is 0 Å². The van der Waals surface area contributed by atoms with Gasteiger partial charge in [-0.25, -0.2) is 8.78 Å². The van der Waals surface area contributed by atoms with E-state index in [1.165, 1.54) is 0 Å². The van der Waals surface area contributed by atoms with Crippen molar-refractivity contribution in [3.8, 4) is 0 Å². The fourth-order valence-corrected chi connectivity index (χ4v) is 0.327. The summed E-state index contributed by atoms with van der Waals surface area (Å²) in [6, 6.07) is 0. The summed E-state index contributed by atoms with van der Waals surface area (Å²) in [6.45, 7) is 1.05. The van der Waals surface area contributed by atoms with Crippen LogP contribution in [0.15, 0.2) is 0 Å². The van der Waals surface area contributed by atoms with Crippen LogP contribution in [0.3, 0.4) is 0 Å². The van der Waals surface area contributed by atoms with E-state index in [2.05, 4.69) is 0 Å². The molecule has 0 aromatic carbocycles. The number of halogens is 4. The van der Waals surface area contributed by atoms with Gasteiger partial charge in [-0.05, 0) is 15.2 Å². The van der Waals surface area contributed by atoms with Gasteiger partial charge in [0.2, 0.25) is 0 Å². The van der Waals surface area contributed by atoms with Crippen molar-refractivity contribution in [1.82, 2.24) is 0 Å². The summed E-state index contributed by atoms with van der Waals surface area (Å²) >= 11 is 0. The van der Waals surface area contributed by atoms with Crippen LogP contribution in [-0.2, 0) is 0 Å². The molecule has 0 nitrogen and oxygen atoms in total. The second-order valence-corrected chi connectivity index (χ2v) is 2.34. The van der Waals surface area contributed by atoms with Crippen molar-refractivity contribution in [2.45, 2.75) is 12.1 Å². The fraction of sp³-hybridized carbons (Fsp3) is 1.00. The van der Waals surface area contributed by atoms with E-state index in [0.29, 0.717) is 0 Å². The zero-order chi connectivity index (χ0) is 6.78. The first-order valence-corrected chi connectivity index (χ1v) is 3.35. The molecule has 1 atom stereocenters. The van der Waals surface area contributed by atoms with Crippen molar-refractivity contribution in [3.05, 3.63) is 0 Å². The molecular weight excluding hydrogens is 143 g/mol. The SMILES string of the molecule is CPC(F)(F)C(F)F. The van der Waals surface area contributed by atoms with Crippen LogP contribution < -0.4 is 0 Å². The molecule has 0 bridgehead atoms. The first-order chi connectivity index (χ1) is 3.50. The minimum absolute atomic E-state index is 1.02. The van der Waals surface area contributed by atoms with Crippen LogP contribution >= 0.6 is 8.58 Å². The number of alkyl halides is 4. The molecule has 0 aliphatic heterocycles. The molecule has 0 saturated heterocycles. The minimum Gasteiger partial charge on any atom is -0.203 e. The highest BCUT2D eigenvalue weighted by molar-refractivity contribution is 7.38. The van der Waals surface area contributed by atoms with E-state index in [-0.39, 0.29) is 0 Å². The monoisotopic (exact) mass is 148 g/mol. The van der Waals surface area contributed by atoms with Crippen LogP contribution in [0.1, 0.15) is 0 Å². The zero-order valence-electron chi connectivity index (χ0n) is 4.09. The van der Waals surface area contributed by atoms with Crippen molar-refractivity contribution in [2.24, 2.45) is 0 Å². The standard InChI is InChI=1S/C3H5F4P/c1-8-3(6,7)2(4)5/h2,8H,1H3. The smallest absolute Gasteiger partial charge is 0.203 e. The molecule has 0 radical (unpaired) electrons. The lowest BCUT2D eigenvalue weighted by Gasteiger charge is -2.10. The maximum absolute atomic E-state index is 11.5. The average molecular weight is 148 g/mol. The lowest BCUT2D eigenvalue weighted by Crippen LogP contribution is -2.19. The van der Waals surface area contributed by atoms with E-state index in [1.807, 2.05) is 0 Å². The van der Waals surface area contributed by atoms with Crippen LogP contribution in [0, 0.1) is 0 Å². The molecule has 0 aliphatic rings. The van der Waals surface area contributed by atoms with E-state index >= 15 is 0 Å². The molecular formula is C3H5F4P. The van der Waals surface area contributed by atoms with Gasteiger partial charge in [-0.1, -0.05) is 0 Å². The van der Waals surface area contributed by atoms with Crippen molar-refractivity contribution >= 4 is 8.58 Å². The molecule has 0 saturated carbocycles. The van der Waals surface area contributed by atoms with E-state index in [1.54, 1.807) is 0 Å². The Morgan fingerprint density at radius 1 is 1.38 bits per heavy atom. The molecule has 0 spiro atoms. The Hall–Kier alpha value is 0.150. The Bertz CT molecular complexity index is 71.7. The summed E-state index contributed by atoms with van der Waals surface area (Å²) in [5.74, 6) is 0. The Kier molecular flexibility index (Phi) is 2.67. The number of hydrogen-bond acceptors (Lipinski definition) is 0. The number of hydrogen-bond donors (Lipinski definition) is 0. The maximum Gasteiger partial charge on any atom is 0.320 e. The molecule has 0 aromatic rings. The Morgan fingerprint density at radius 2 is 1.75 bits per heavy atom. The van der Waals surface area contributed by atoms with Crippen molar-refractivity contribution in [1.29, 1.82) is 0 Å². The van der Waals surface area contributed by atoms with Gasteiger partial charge in [-0.2, -0.15) is 8.78 Å². The molecule has 1 unspecified atom stereocenters. The van der Waals surface area contributed by atoms with E-state index in [0.717, 1.165) is 6.66 Å². The van der Waals surface area contributed by atoms with E-state index < -0.39 is 20.7 Å². The van der Waals surface area contributed by atoms with Crippen molar-refractivity contribution in [3.63, 3.8) is 0 Å². The molecule has 0 aliphatic carbocycles.